The molecule has 0 saturated heterocycles. The van der Waals surface area contributed by atoms with Gasteiger partial charge in [0.1, 0.15) is 5.82 Å². The number of nitrogen functional groups attached to an aromatic ring is 1. The van der Waals surface area contributed by atoms with Crippen LogP contribution < -0.4 is 5.73 Å². The molecule has 0 fully saturated rings. The fourth-order valence-electron chi connectivity index (χ4n) is 1.02. The fraction of sp³-hybridized carbons (Fsp3) is 0.300. The smallest absolute Gasteiger partial charge is 0.130 e. The van der Waals surface area contributed by atoms with E-state index in [0.717, 1.165) is 23.3 Å². The molecule has 3 heteroatoms. The molecule has 0 atom stereocenters. The van der Waals surface area contributed by atoms with Crippen molar-refractivity contribution in [2.45, 2.75) is 13.3 Å². The van der Waals surface area contributed by atoms with Gasteiger partial charge in [-0.25, -0.2) is 4.98 Å². The predicted octanol–water partition coefficient (Wildman–Crippen LogP) is 2.31. The summed E-state index contributed by atoms with van der Waals surface area (Å²) in [4.78, 5) is 4.06. The van der Waals surface area contributed by atoms with E-state index < -0.39 is 0 Å². The first-order valence-corrected chi connectivity index (χ1v) is 4.87. The number of anilines is 1. The second kappa shape index (κ2) is 4.92. The van der Waals surface area contributed by atoms with E-state index in [0.29, 0.717) is 5.82 Å². The number of aryl methyl sites for hydroxylation is 1. The van der Waals surface area contributed by atoms with E-state index in [2.05, 4.69) is 23.7 Å². The van der Waals surface area contributed by atoms with Crippen molar-refractivity contribution in [2.75, 3.05) is 11.5 Å². The molecule has 2 N–H and O–H groups in total. The van der Waals surface area contributed by atoms with Crippen LogP contribution >= 0.6 is 12.6 Å². The Labute approximate surface area is 84.3 Å². The van der Waals surface area contributed by atoms with Crippen LogP contribution in [0.3, 0.4) is 0 Å². The molecule has 0 aliphatic rings. The van der Waals surface area contributed by atoms with Crippen LogP contribution in [-0.2, 0) is 0 Å². The fourth-order valence-corrected chi connectivity index (χ4v) is 1.17. The summed E-state index contributed by atoms with van der Waals surface area (Å²) in [5.41, 5.74) is 7.80. The van der Waals surface area contributed by atoms with Crippen LogP contribution in [0, 0.1) is 6.92 Å². The van der Waals surface area contributed by atoms with Gasteiger partial charge in [-0.05, 0) is 30.7 Å². The van der Waals surface area contributed by atoms with Crippen LogP contribution in [-0.4, -0.2) is 10.7 Å². The highest BCUT2D eigenvalue weighted by Gasteiger charge is 1.95. The van der Waals surface area contributed by atoms with Crippen LogP contribution in [0.4, 0.5) is 5.82 Å². The topological polar surface area (TPSA) is 38.9 Å². The summed E-state index contributed by atoms with van der Waals surface area (Å²) >= 11 is 4.12. The lowest BCUT2D eigenvalue weighted by molar-refractivity contribution is 1.25. The first-order valence-electron chi connectivity index (χ1n) is 4.23. The summed E-state index contributed by atoms with van der Waals surface area (Å²) in [6.07, 6.45) is 6.77. The van der Waals surface area contributed by atoms with E-state index in [9.17, 15) is 0 Å². The van der Waals surface area contributed by atoms with E-state index in [1.165, 1.54) is 0 Å². The molecule has 0 radical (unpaired) electrons. The van der Waals surface area contributed by atoms with Gasteiger partial charge in [-0.3, -0.25) is 0 Å². The van der Waals surface area contributed by atoms with Crippen molar-refractivity contribution < 1.29 is 0 Å². The van der Waals surface area contributed by atoms with Gasteiger partial charge in [0.25, 0.3) is 0 Å². The standard InChI is InChI=1S/C10H14N2S/c1-8-6-9(4-2-3-5-13)10(11)12-7-8/h2,4,6-7,13H,3,5H2,1H3,(H2,11,12). The van der Waals surface area contributed by atoms with Crippen LogP contribution in [0.25, 0.3) is 6.08 Å². The minimum absolute atomic E-state index is 0.584. The second-order valence-corrected chi connectivity index (χ2v) is 3.35. The molecule has 0 aromatic carbocycles. The van der Waals surface area contributed by atoms with Crippen LogP contribution in [0.15, 0.2) is 18.3 Å². The Morgan fingerprint density at radius 1 is 1.62 bits per heavy atom. The Kier molecular flexibility index (Phi) is 3.83. The van der Waals surface area contributed by atoms with E-state index in [-0.39, 0.29) is 0 Å². The lowest BCUT2D eigenvalue weighted by Crippen LogP contribution is -1.93. The average Bonchev–Trinajstić information content (AvgIpc) is 2.11. The molecule has 0 aliphatic carbocycles. The second-order valence-electron chi connectivity index (χ2n) is 2.90. The zero-order chi connectivity index (χ0) is 9.68. The molecule has 1 aromatic rings. The third-order valence-corrected chi connectivity index (χ3v) is 1.94. The van der Waals surface area contributed by atoms with Crippen molar-refractivity contribution in [2.24, 2.45) is 0 Å². The first-order chi connectivity index (χ1) is 6.24. The van der Waals surface area contributed by atoms with Crippen molar-refractivity contribution in [3.05, 3.63) is 29.5 Å². The maximum absolute atomic E-state index is 5.69. The SMILES string of the molecule is Cc1cnc(N)c(C=CCCS)c1. The normalized spacial score (nSPS) is 10.9. The number of aromatic nitrogens is 1. The van der Waals surface area contributed by atoms with Crippen LogP contribution in [0.1, 0.15) is 17.5 Å². The van der Waals surface area contributed by atoms with E-state index >= 15 is 0 Å². The highest BCUT2D eigenvalue weighted by molar-refractivity contribution is 7.80. The summed E-state index contributed by atoms with van der Waals surface area (Å²) in [6.45, 7) is 2.00. The number of hydrogen-bond donors (Lipinski definition) is 2. The molecule has 70 valence electrons. The highest BCUT2D eigenvalue weighted by Crippen LogP contribution is 2.12. The Morgan fingerprint density at radius 3 is 3.08 bits per heavy atom. The number of hydrogen-bond acceptors (Lipinski definition) is 3. The molecule has 0 saturated carbocycles. The van der Waals surface area contributed by atoms with E-state index in [4.69, 9.17) is 5.73 Å². The molecule has 1 heterocycles. The van der Waals surface area contributed by atoms with Gasteiger partial charge in [-0.2, -0.15) is 12.6 Å². The number of rotatable bonds is 3. The minimum Gasteiger partial charge on any atom is -0.383 e. The van der Waals surface area contributed by atoms with Crippen molar-refractivity contribution in [3.8, 4) is 0 Å². The molecule has 0 aliphatic heterocycles. The van der Waals surface area contributed by atoms with Gasteiger partial charge in [0.05, 0.1) is 0 Å². The molecule has 0 spiro atoms. The van der Waals surface area contributed by atoms with Gasteiger partial charge in [0.2, 0.25) is 0 Å². The number of thiol groups is 1. The van der Waals surface area contributed by atoms with Crippen molar-refractivity contribution in [3.63, 3.8) is 0 Å². The van der Waals surface area contributed by atoms with Gasteiger partial charge < -0.3 is 5.73 Å². The zero-order valence-electron chi connectivity index (χ0n) is 7.70. The van der Waals surface area contributed by atoms with Gasteiger partial charge in [-0.1, -0.05) is 12.2 Å². The Balaban J connectivity index is 2.81. The van der Waals surface area contributed by atoms with Gasteiger partial charge in [-0.15, -0.1) is 0 Å². The number of pyridine rings is 1. The lowest BCUT2D eigenvalue weighted by atomic mass is 10.2. The number of nitrogens with zero attached hydrogens (tertiary/aromatic N) is 1. The monoisotopic (exact) mass is 194 g/mol. The molecule has 1 aromatic heterocycles. The predicted molar refractivity (Wildman–Crippen MR) is 60.9 cm³/mol. The molecule has 13 heavy (non-hydrogen) atoms. The molecule has 2 nitrogen and oxygen atoms in total. The zero-order valence-corrected chi connectivity index (χ0v) is 8.59. The highest BCUT2D eigenvalue weighted by atomic mass is 32.1. The molecule has 0 bridgehead atoms. The lowest BCUT2D eigenvalue weighted by Gasteiger charge is -1.99. The first kappa shape index (κ1) is 10.1. The molecular weight excluding hydrogens is 180 g/mol. The Bertz CT molecular complexity index is 308. The quantitative estimate of drug-likeness (QED) is 0.725. The van der Waals surface area contributed by atoms with Gasteiger partial charge >= 0.3 is 0 Å². The summed E-state index contributed by atoms with van der Waals surface area (Å²) < 4.78 is 0. The van der Waals surface area contributed by atoms with Crippen molar-refractivity contribution in [1.29, 1.82) is 0 Å². The van der Waals surface area contributed by atoms with Crippen molar-refractivity contribution >= 4 is 24.5 Å². The molecular formula is C10H14N2S. The van der Waals surface area contributed by atoms with E-state index in [1.54, 1.807) is 6.20 Å². The van der Waals surface area contributed by atoms with Crippen molar-refractivity contribution in [1.82, 2.24) is 4.98 Å². The summed E-state index contributed by atoms with van der Waals surface area (Å²) in [6, 6.07) is 2.03. The van der Waals surface area contributed by atoms with Gasteiger partial charge in [0, 0.05) is 11.8 Å². The number of allylic oxidation sites excluding steroid dienone is 1. The Morgan fingerprint density at radius 2 is 2.38 bits per heavy atom. The minimum atomic E-state index is 0.584. The molecule has 0 amide bonds. The maximum atomic E-state index is 5.69. The molecule has 1 rings (SSSR count). The summed E-state index contributed by atoms with van der Waals surface area (Å²) in [5.74, 6) is 1.44. The summed E-state index contributed by atoms with van der Waals surface area (Å²) in [7, 11) is 0. The third kappa shape index (κ3) is 3.11. The third-order valence-electron chi connectivity index (χ3n) is 1.68. The average molecular weight is 194 g/mol. The van der Waals surface area contributed by atoms with Crippen LogP contribution in [0.5, 0.6) is 0 Å². The van der Waals surface area contributed by atoms with Crippen LogP contribution in [0.2, 0.25) is 0 Å². The van der Waals surface area contributed by atoms with Gasteiger partial charge in [0.15, 0.2) is 0 Å². The maximum Gasteiger partial charge on any atom is 0.130 e. The number of nitrogens with two attached hydrogens (primary N) is 1. The summed E-state index contributed by atoms with van der Waals surface area (Å²) in [5, 5.41) is 0. The Hall–Kier alpha value is -0.960. The molecule has 0 unspecified atom stereocenters. The largest absolute Gasteiger partial charge is 0.383 e. The van der Waals surface area contributed by atoms with E-state index in [1.807, 2.05) is 19.1 Å².